The number of rotatable bonds is 7. The zero-order chi connectivity index (χ0) is 26.1. The van der Waals surface area contributed by atoms with Crippen LogP contribution >= 0.6 is 11.6 Å². The second-order valence-electron chi connectivity index (χ2n) is 9.43. The second-order valence-corrected chi connectivity index (χ2v) is 11.6. The number of carbonyl (C=O) groups is 1. The van der Waals surface area contributed by atoms with Crippen LogP contribution in [-0.2, 0) is 20.3 Å². The number of pyridine rings is 1. The van der Waals surface area contributed by atoms with Gasteiger partial charge in [-0.2, -0.15) is 0 Å². The number of nitrogens with one attached hydrogen (secondary N) is 1. The van der Waals surface area contributed by atoms with E-state index in [0.29, 0.717) is 0 Å². The van der Waals surface area contributed by atoms with Crippen LogP contribution in [0.2, 0.25) is 5.02 Å². The molecule has 0 aliphatic carbocycles. The standard InChI is InChI=1S/C23H29ClN6O4S/c1-14(2)30-20(26-27-21(30)22(31)34-29(6)7)19-18(12-16(24)13-25-19)28-35(32,33)17-10-8-15(9-11-17)23(3,4)5/h8-14,28H,1-7H3. The first kappa shape index (κ1) is 26.6. The second kappa shape index (κ2) is 9.92. The Kier molecular flexibility index (Phi) is 7.53. The monoisotopic (exact) mass is 520 g/mol. The molecule has 0 atom stereocenters. The summed E-state index contributed by atoms with van der Waals surface area (Å²) in [4.78, 5) is 22.0. The fraction of sp³-hybridized carbons (Fsp3) is 0.391. The Labute approximate surface area is 210 Å². The van der Waals surface area contributed by atoms with Crippen molar-refractivity contribution >= 4 is 33.3 Å². The zero-order valence-electron chi connectivity index (χ0n) is 20.7. The van der Waals surface area contributed by atoms with Crippen LogP contribution in [0.5, 0.6) is 0 Å². The molecule has 3 rings (SSSR count). The van der Waals surface area contributed by atoms with Gasteiger partial charge in [0.2, 0.25) is 5.82 Å². The van der Waals surface area contributed by atoms with E-state index in [9.17, 15) is 13.2 Å². The van der Waals surface area contributed by atoms with Gasteiger partial charge in [-0.15, -0.1) is 15.3 Å². The summed E-state index contributed by atoms with van der Waals surface area (Å²) in [6.45, 7) is 9.80. The van der Waals surface area contributed by atoms with E-state index in [2.05, 4.69) is 19.9 Å². The minimum atomic E-state index is -3.99. The number of hydrogen-bond acceptors (Lipinski definition) is 8. The highest BCUT2D eigenvalue weighted by molar-refractivity contribution is 7.92. The molecule has 0 fully saturated rings. The maximum absolute atomic E-state index is 13.2. The molecule has 1 aromatic carbocycles. The van der Waals surface area contributed by atoms with Crippen molar-refractivity contribution in [2.24, 2.45) is 0 Å². The Balaban J connectivity index is 2.06. The van der Waals surface area contributed by atoms with Gasteiger partial charge in [0.25, 0.3) is 10.0 Å². The Morgan fingerprint density at radius 1 is 1.14 bits per heavy atom. The molecular weight excluding hydrogens is 492 g/mol. The van der Waals surface area contributed by atoms with Crippen LogP contribution in [0.4, 0.5) is 5.69 Å². The maximum atomic E-state index is 13.2. The Hall–Kier alpha value is -3.02. The van der Waals surface area contributed by atoms with Gasteiger partial charge >= 0.3 is 5.97 Å². The van der Waals surface area contributed by atoms with Crippen molar-refractivity contribution in [3.63, 3.8) is 0 Å². The zero-order valence-corrected chi connectivity index (χ0v) is 22.3. The van der Waals surface area contributed by atoms with Gasteiger partial charge in [-0.1, -0.05) is 44.5 Å². The van der Waals surface area contributed by atoms with Crippen molar-refractivity contribution < 1.29 is 18.0 Å². The summed E-state index contributed by atoms with van der Waals surface area (Å²) in [6.07, 6.45) is 1.37. The van der Waals surface area contributed by atoms with Gasteiger partial charge in [0, 0.05) is 26.3 Å². The lowest BCUT2D eigenvalue weighted by molar-refractivity contribution is -0.0728. The molecule has 2 aromatic heterocycles. The van der Waals surface area contributed by atoms with Crippen molar-refractivity contribution in [2.75, 3.05) is 18.8 Å². The van der Waals surface area contributed by atoms with E-state index in [0.717, 1.165) is 5.56 Å². The van der Waals surface area contributed by atoms with Crippen LogP contribution in [0, 0.1) is 0 Å². The Bertz CT molecular complexity index is 1330. The number of carbonyl (C=O) groups excluding carboxylic acids is 1. The van der Waals surface area contributed by atoms with Crippen LogP contribution in [0.1, 0.15) is 56.8 Å². The number of halogens is 1. The van der Waals surface area contributed by atoms with Gasteiger partial charge in [-0.05, 0) is 43.0 Å². The molecule has 0 aliphatic rings. The molecule has 12 heteroatoms. The predicted octanol–water partition coefficient (Wildman–Crippen LogP) is 4.31. The van der Waals surface area contributed by atoms with Gasteiger partial charge in [0.1, 0.15) is 5.69 Å². The van der Waals surface area contributed by atoms with Crippen LogP contribution < -0.4 is 4.72 Å². The highest BCUT2D eigenvalue weighted by Crippen LogP contribution is 2.32. The fourth-order valence-corrected chi connectivity index (χ4v) is 4.54. The van der Waals surface area contributed by atoms with E-state index >= 15 is 0 Å². The number of sulfonamides is 1. The molecule has 0 saturated carbocycles. The van der Waals surface area contributed by atoms with Crippen molar-refractivity contribution in [1.29, 1.82) is 0 Å². The number of hydroxylamine groups is 2. The van der Waals surface area contributed by atoms with E-state index in [4.69, 9.17) is 16.4 Å². The average Bonchev–Trinajstić information content (AvgIpc) is 3.18. The van der Waals surface area contributed by atoms with Crippen LogP contribution in [0.15, 0.2) is 41.4 Å². The Morgan fingerprint density at radius 2 is 1.77 bits per heavy atom. The third-order valence-corrected chi connectivity index (χ3v) is 6.59. The smallest absolute Gasteiger partial charge is 0.362 e. The number of hydrogen-bond donors (Lipinski definition) is 1. The number of aromatic nitrogens is 4. The van der Waals surface area contributed by atoms with E-state index < -0.39 is 16.0 Å². The first-order valence-electron chi connectivity index (χ1n) is 10.8. The fourth-order valence-electron chi connectivity index (χ4n) is 3.32. The summed E-state index contributed by atoms with van der Waals surface area (Å²) in [6, 6.07) is 7.82. The van der Waals surface area contributed by atoms with E-state index in [1.165, 1.54) is 21.9 Å². The first-order valence-corrected chi connectivity index (χ1v) is 12.7. The topological polar surface area (TPSA) is 119 Å². The summed E-state index contributed by atoms with van der Waals surface area (Å²) in [7, 11) is -0.854. The van der Waals surface area contributed by atoms with Crippen LogP contribution in [0.25, 0.3) is 11.5 Å². The quantitative estimate of drug-likeness (QED) is 0.458. The summed E-state index contributed by atoms with van der Waals surface area (Å²) >= 11 is 6.15. The number of nitrogens with zero attached hydrogens (tertiary/aromatic N) is 5. The van der Waals surface area contributed by atoms with E-state index in [-0.39, 0.29) is 44.4 Å². The highest BCUT2D eigenvalue weighted by Gasteiger charge is 2.27. The molecule has 10 nitrogen and oxygen atoms in total. The van der Waals surface area contributed by atoms with E-state index in [1.807, 2.05) is 34.6 Å². The van der Waals surface area contributed by atoms with Gasteiger partial charge < -0.3 is 4.84 Å². The number of benzene rings is 1. The maximum Gasteiger partial charge on any atom is 0.395 e. The van der Waals surface area contributed by atoms with Crippen molar-refractivity contribution in [1.82, 2.24) is 24.8 Å². The molecule has 188 valence electrons. The summed E-state index contributed by atoms with van der Waals surface area (Å²) in [5, 5.41) is 9.56. The van der Waals surface area contributed by atoms with Gasteiger partial charge in [-0.3, -0.25) is 9.29 Å². The van der Waals surface area contributed by atoms with Crippen molar-refractivity contribution in [3.05, 3.63) is 52.9 Å². The lowest BCUT2D eigenvalue weighted by Gasteiger charge is -2.19. The SMILES string of the molecule is CC(C)n1c(C(=O)ON(C)C)nnc1-c1ncc(Cl)cc1NS(=O)(=O)c1ccc(C(C)(C)C)cc1. The van der Waals surface area contributed by atoms with Crippen LogP contribution in [0.3, 0.4) is 0 Å². The highest BCUT2D eigenvalue weighted by atomic mass is 35.5. The third kappa shape index (κ3) is 5.98. The van der Waals surface area contributed by atoms with Gasteiger partial charge in [0.15, 0.2) is 5.82 Å². The molecule has 0 aliphatic heterocycles. The van der Waals surface area contributed by atoms with Crippen molar-refractivity contribution in [3.8, 4) is 11.5 Å². The third-order valence-electron chi connectivity index (χ3n) is 5.00. The van der Waals surface area contributed by atoms with Crippen LogP contribution in [-0.4, -0.2) is 53.3 Å². The van der Waals surface area contributed by atoms with Crippen molar-refractivity contribution in [2.45, 2.75) is 51.0 Å². The van der Waals surface area contributed by atoms with Gasteiger partial charge in [-0.25, -0.2) is 18.2 Å². The molecule has 1 N–H and O–H groups in total. The molecule has 0 amide bonds. The lowest BCUT2D eigenvalue weighted by Crippen LogP contribution is -2.23. The predicted molar refractivity (Wildman–Crippen MR) is 134 cm³/mol. The van der Waals surface area contributed by atoms with E-state index in [1.54, 1.807) is 38.4 Å². The Morgan fingerprint density at radius 3 is 2.31 bits per heavy atom. The van der Waals surface area contributed by atoms with Gasteiger partial charge in [0.05, 0.1) is 15.6 Å². The normalized spacial score (nSPS) is 12.3. The minimum Gasteiger partial charge on any atom is -0.362 e. The molecule has 2 heterocycles. The summed E-state index contributed by atoms with van der Waals surface area (Å²) in [5.41, 5.74) is 1.14. The molecule has 35 heavy (non-hydrogen) atoms. The molecule has 0 saturated heterocycles. The molecule has 3 aromatic rings. The average molecular weight is 521 g/mol. The molecular formula is C23H29ClN6O4S. The molecule has 0 spiro atoms. The molecule has 0 bridgehead atoms. The molecule has 0 unspecified atom stereocenters. The number of anilines is 1. The molecule has 0 radical (unpaired) electrons. The summed E-state index contributed by atoms with van der Waals surface area (Å²) in [5.74, 6) is -0.576. The summed E-state index contributed by atoms with van der Waals surface area (Å²) < 4.78 is 30.5. The first-order chi connectivity index (χ1) is 16.2. The lowest BCUT2D eigenvalue weighted by atomic mass is 9.87. The minimum absolute atomic E-state index is 0.0490. The largest absolute Gasteiger partial charge is 0.395 e.